The van der Waals surface area contributed by atoms with Crippen molar-refractivity contribution >= 4 is 23.2 Å². The van der Waals surface area contributed by atoms with Gasteiger partial charge < -0.3 is 24.8 Å². The predicted octanol–water partition coefficient (Wildman–Crippen LogP) is 3.64. The van der Waals surface area contributed by atoms with Crippen molar-refractivity contribution in [3.05, 3.63) is 46.8 Å². The van der Waals surface area contributed by atoms with Crippen molar-refractivity contribution in [3.8, 4) is 11.8 Å². The summed E-state index contributed by atoms with van der Waals surface area (Å²) in [5.74, 6) is 5.65. The first-order valence-corrected chi connectivity index (χ1v) is 12.3. The summed E-state index contributed by atoms with van der Waals surface area (Å²) in [4.78, 5) is 17.6. The lowest BCUT2D eigenvalue weighted by Gasteiger charge is -2.38. The number of hydrogen-bond acceptors (Lipinski definition) is 5. The van der Waals surface area contributed by atoms with E-state index < -0.39 is 17.0 Å². The van der Waals surface area contributed by atoms with E-state index in [2.05, 4.69) is 22.1 Å². The maximum absolute atomic E-state index is 13.5. The SMILES string of the molecule is COC1CC(O)(C#CC2(O)CC3CC(c4ncn(C)c4C(=O)Nc4ccc(F)c(Cl)c4)CC3C2)C1. The minimum absolute atomic E-state index is 0.0254. The van der Waals surface area contributed by atoms with Crippen LogP contribution in [0.3, 0.4) is 0 Å². The normalized spacial score (nSPS) is 33.5. The molecule has 3 fully saturated rings. The summed E-state index contributed by atoms with van der Waals surface area (Å²) in [6.07, 6.45) is 5.31. The average molecular weight is 502 g/mol. The number of carbonyl (C=O) groups is 1. The molecule has 186 valence electrons. The van der Waals surface area contributed by atoms with Gasteiger partial charge in [0.05, 0.1) is 23.1 Å². The number of aryl methyl sites for hydroxylation is 1. The van der Waals surface area contributed by atoms with Crippen LogP contribution in [0.4, 0.5) is 10.1 Å². The number of hydrogen-bond donors (Lipinski definition) is 3. The van der Waals surface area contributed by atoms with Crippen LogP contribution in [0.25, 0.3) is 0 Å². The van der Waals surface area contributed by atoms with E-state index in [1.165, 1.54) is 18.2 Å². The Bertz CT molecular complexity index is 1200. The summed E-state index contributed by atoms with van der Waals surface area (Å²) in [5, 5.41) is 24.3. The number of methoxy groups -OCH3 is 1. The van der Waals surface area contributed by atoms with Gasteiger partial charge >= 0.3 is 0 Å². The van der Waals surface area contributed by atoms with Gasteiger partial charge in [-0.25, -0.2) is 9.37 Å². The number of carbonyl (C=O) groups excluding carboxylic acids is 1. The van der Waals surface area contributed by atoms with Gasteiger partial charge in [-0.3, -0.25) is 4.79 Å². The number of halogens is 2. The molecule has 5 rings (SSSR count). The van der Waals surface area contributed by atoms with Gasteiger partial charge in [0.15, 0.2) is 0 Å². The number of imidazole rings is 1. The quantitative estimate of drug-likeness (QED) is 0.556. The molecule has 1 aromatic carbocycles. The van der Waals surface area contributed by atoms with E-state index in [0.29, 0.717) is 37.1 Å². The second-order valence-electron chi connectivity index (χ2n) is 10.3. The number of ether oxygens (including phenoxy) is 1. The molecule has 0 aliphatic heterocycles. The van der Waals surface area contributed by atoms with Gasteiger partial charge in [-0.2, -0.15) is 0 Å². The van der Waals surface area contributed by atoms with Crippen molar-refractivity contribution in [2.24, 2.45) is 18.9 Å². The summed E-state index contributed by atoms with van der Waals surface area (Å²) in [7, 11) is 3.39. The Balaban J connectivity index is 1.26. The molecule has 7 nitrogen and oxygen atoms in total. The van der Waals surface area contributed by atoms with Gasteiger partial charge in [0.25, 0.3) is 5.91 Å². The molecule has 2 atom stereocenters. The van der Waals surface area contributed by atoms with E-state index in [4.69, 9.17) is 16.3 Å². The van der Waals surface area contributed by atoms with Gasteiger partial charge in [0.2, 0.25) is 0 Å². The Hall–Kier alpha value is -2.44. The van der Waals surface area contributed by atoms with Crippen LogP contribution >= 0.6 is 11.6 Å². The van der Waals surface area contributed by atoms with Crippen LogP contribution in [-0.4, -0.2) is 50.1 Å². The van der Waals surface area contributed by atoms with Crippen molar-refractivity contribution in [1.82, 2.24) is 9.55 Å². The molecule has 1 aromatic heterocycles. The van der Waals surface area contributed by atoms with E-state index in [9.17, 15) is 19.4 Å². The molecule has 3 aliphatic carbocycles. The number of nitrogens with one attached hydrogen (secondary N) is 1. The lowest BCUT2D eigenvalue weighted by molar-refractivity contribution is -0.0915. The molecule has 0 radical (unpaired) electrons. The van der Waals surface area contributed by atoms with Gasteiger partial charge in [0.1, 0.15) is 22.7 Å². The molecule has 3 aliphatic rings. The van der Waals surface area contributed by atoms with E-state index in [0.717, 1.165) is 18.5 Å². The third-order valence-corrected chi connectivity index (χ3v) is 8.07. The smallest absolute Gasteiger partial charge is 0.274 e. The van der Waals surface area contributed by atoms with Crippen LogP contribution in [0.1, 0.15) is 60.6 Å². The van der Waals surface area contributed by atoms with Gasteiger partial charge in [-0.1, -0.05) is 23.4 Å². The zero-order valence-corrected chi connectivity index (χ0v) is 20.5. The minimum Gasteiger partial charge on any atom is -0.381 e. The molecule has 0 spiro atoms. The lowest BCUT2D eigenvalue weighted by atomic mass is 9.77. The fraction of sp³-hybridized carbons (Fsp3) is 0.538. The molecule has 0 saturated heterocycles. The predicted molar refractivity (Wildman–Crippen MR) is 128 cm³/mol. The average Bonchev–Trinajstić information content (AvgIpc) is 3.44. The molecule has 2 unspecified atom stereocenters. The van der Waals surface area contributed by atoms with Crippen LogP contribution in [0.2, 0.25) is 5.02 Å². The van der Waals surface area contributed by atoms with Crippen LogP contribution in [0.15, 0.2) is 24.5 Å². The summed E-state index contributed by atoms with van der Waals surface area (Å²) < 4.78 is 20.4. The molecule has 2 aromatic rings. The molecule has 35 heavy (non-hydrogen) atoms. The lowest BCUT2D eigenvalue weighted by Crippen LogP contribution is -2.47. The number of nitrogens with zero attached hydrogens (tertiary/aromatic N) is 2. The second-order valence-corrected chi connectivity index (χ2v) is 10.8. The van der Waals surface area contributed by atoms with E-state index in [1.54, 1.807) is 25.1 Å². The van der Waals surface area contributed by atoms with E-state index in [1.807, 2.05) is 0 Å². The number of fused-ring (bicyclic) bond motifs is 1. The highest BCUT2D eigenvalue weighted by Crippen LogP contribution is 2.54. The highest BCUT2D eigenvalue weighted by atomic mass is 35.5. The fourth-order valence-corrected chi connectivity index (χ4v) is 6.15. The Morgan fingerprint density at radius 3 is 2.43 bits per heavy atom. The molecule has 1 heterocycles. The number of aliphatic hydroxyl groups is 2. The number of benzene rings is 1. The number of rotatable bonds is 4. The van der Waals surface area contributed by atoms with E-state index >= 15 is 0 Å². The second kappa shape index (κ2) is 8.90. The Morgan fingerprint density at radius 2 is 1.83 bits per heavy atom. The third kappa shape index (κ3) is 4.70. The maximum atomic E-state index is 13.5. The molecule has 3 N–H and O–H groups in total. The van der Waals surface area contributed by atoms with Crippen molar-refractivity contribution < 1.29 is 24.1 Å². The highest BCUT2D eigenvalue weighted by molar-refractivity contribution is 6.31. The van der Waals surface area contributed by atoms with Crippen molar-refractivity contribution in [1.29, 1.82) is 0 Å². The molecular formula is C26H29ClFN3O4. The monoisotopic (exact) mass is 501 g/mol. The van der Waals surface area contributed by atoms with Crippen LogP contribution < -0.4 is 5.32 Å². The Kier molecular flexibility index (Phi) is 6.17. The molecule has 9 heteroatoms. The molecule has 3 saturated carbocycles. The summed E-state index contributed by atoms with van der Waals surface area (Å²) in [6.45, 7) is 0. The largest absolute Gasteiger partial charge is 0.381 e. The van der Waals surface area contributed by atoms with Gasteiger partial charge in [-0.05, 0) is 55.7 Å². The zero-order valence-electron chi connectivity index (χ0n) is 19.7. The third-order valence-electron chi connectivity index (χ3n) is 7.78. The topological polar surface area (TPSA) is 96.6 Å². The highest BCUT2D eigenvalue weighted by Gasteiger charge is 2.50. The van der Waals surface area contributed by atoms with Crippen molar-refractivity contribution in [3.63, 3.8) is 0 Å². The zero-order chi connectivity index (χ0) is 25.0. The van der Waals surface area contributed by atoms with Crippen LogP contribution in [0.5, 0.6) is 0 Å². The fourth-order valence-electron chi connectivity index (χ4n) is 5.97. The van der Waals surface area contributed by atoms with Gasteiger partial charge in [-0.15, -0.1) is 0 Å². The first-order valence-electron chi connectivity index (χ1n) is 11.9. The molecule has 0 bridgehead atoms. The number of anilines is 1. The van der Waals surface area contributed by atoms with Crippen LogP contribution in [-0.2, 0) is 11.8 Å². The van der Waals surface area contributed by atoms with Crippen molar-refractivity contribution in [2.75, 3.05) is 12.4 Å². The molecule has 1 amide bonds. The maximum Gasteiger partial charge on any atom is 0.274 e. The van der Waals surface area contributed by atoms with Crippen LogP contribution in [0, 0.1) is 29.5 Å². The first-order chi connectivity index (χ1) is 16.6. The Labute approximate surface area is 208 Å². The summed E-state index contributed by atoms with van der Waals surface area (Å²) in [5.41, 5.74) is -0.561. The minimum atomic E-state index is -1.10. The van der Waals surface area contributed by atoms with Gasteiger partial charge in [0, 0.05) is 38.6 Å². The van der Waals surface area contributed by atoms with Crippen molar-refractivity contribution in [2.45, 2.75) is 61.7 Å². The number of aromatic nitrogens is 2. The number of amides is 1. The summed E-state index contributed by atoms with van der Waals surface area (Å²) >= 11 is 5.84. The Morgan fingerprint density at radius 1 is 1.20 bits per heavy atom. The summed E-state index contributed by atoms with van der Waals surface area (Å²) in [6, 6.07) is 4.05. The van der Waals surface area contributed by atoms with E-state index in [-0.39, 0.29) is 34.8 Å². The molecular weight excluding hydrogens is 473 g/mol. The first kappa shape index (κ1) is 24.3. The standard InChI is InChI=1S/C26H29ClFN3O4/c1-31-14-29-22(23(31)24(32)30-18-3-4-21(28)20(27)9-18)15-7-16-10-25(33,11-17(16)8-15)5-6-26(34)12-19(13-26)35-2/h3-4,9,14-17,19,33-34H,7-8,10-13H2,1-2H3,(H,30,32).